The lowest BCUT2D eigenvalue weighted by molar-refractivity contribution is -0.198. The normalized spacial score (nSPS) is 18.7. The van der Waals surface area contributed by atoms with Crippen LogP contribution in [-0.2, 0) is 66.8 Å². The Morgan fingerprint density at radius 3 is 1.83 bits per heavy atom. The number of hydroxylamine groups is 2. The summed E-state index contributed by atoms with van der Waals surface area (Å²) in [5.74, 6) is -3.84. The van der Waals surface area contributed by atoms with Crippen LogP contribution in [0.5, 0.6) is 0 Å². The summed E-state index contributed by atoms with van der Waals surface area (Å²) in [6.07, 6.45) is 0.360. The molecule has 1 N–H and O–H groups in total. The summed E-state index contributed by atoms with van der Waals surface area (Å²) in [6.45, 7) is 19.0. The van der Waals surface area contributed by atoms with Crippen molar-refractivity contribution in [1.82, 2.24) is 19.8 Å². The lowest BCUT2D eigenvalue weighted by Gasteiger charge is -2.41. The summed E-state index contributed by atoms with van der Waals surface area (Å²) in [7, 11) is 6.79. The number of imide groups is 1. The Morgan fingerprint density at radius 1 is 0.720 bits per heavy atom. The molecule has 0 saturated carbocycles. The fourth-order valence-corrected chi connectivity index (χ4v) is 10.3. The number of likely N-dealkylation sites (N-methyl/N-ethyl adjacent to an activating group) is 2. The molecule has 75 heavy (non-hydrogen) atoms. The average molecular weight is 1060 g/mol. The molecule has 0 aromatic heterocycles. The molecule has 2 aliphatic rings. The maximum atomic E-state index is 14.7. The largest absolute Gasteiger partial charge is 0.388 e. The second-order valence-electron chi connectivity index (χ2n) is 21.0. The first kappa shape index (κ1) is 65.1. The number of aliphatic hydroxyl groups is 1. The minimum atomic E-state index is -0.790. The van der Waals surface area contributed by atoms with Crippen LogP contribution in [0.3, 0.4) is 0 Å². The zero-order valence-electron chi connectivity index (χ0n) is 47.2. The number of benzene rings is 1. The van der Waals surface area contributed by atoms with Crippen molar-refractivity contribution in [3.8, 4) is 0 Å². The van der Waals surface area contributed by atoms with E-state index >= 15 is 0 Å². The number of ether oxygens (including phenoxy) is 6. The first-order valence-electron chi connectivity index (χ1n) is 27.2. The number of hydrogen-bond donors (Lipinski definition) is 1. The van der Waals surface area contributed by atoms with Crippen LogP contribution in [0.15, 0.2) is 30.3 Å². The number of carbonyl (C=O) groups is 7. The molecule has 2 fully saturated rings. The van der Waals surface area contributed by atoms with E-state index in [0.717, 1.165) is 18.4 Å². The molecule has 10 atom stereocenters. The van der Waals surface area contributed by atoms with Gasteiger partial charge in [0.1, 0.15) is 5.78 Å². The molecule has 0 bridgehead atoms. The molecular formula is C56H92N4O15. The zero-order valence-corrected chi connectivity index (χ0v) is 47.2. The van der Waals surface area contributed by atoms with Crippen LogP contribution >= 0.6 is 0 Å². The van der Waals surface area contributed by atoms with Crippen LogP contribution in [-0.4, -0.2) is 191 Å². The highest BCUT2D eigenvalue weighted by molar-refractivity contribution is 6.01. The number of amides is 4. The maximum Gasteiger partial charge on any atom is 0.335 e. The van der Waals surface area contributed by atoms with Gasteiger partial charge in [0.2, 0.25) is 11.8 Å². The van der Waals surface area contributed by atoms with Crippen LogP contribution in [0.4, 0.5) is 0 Å². The number of hydrogen-bond acceptors (Lipinski definition) is 16. The molecule has 2 heterocycles. The molecule has 19 heteroatoms. The number of ketones is 2. The van der Waals surface area contributed by atoms with Gasteiger partial charge in [-0.05, 0) is 49.1 Å². The van der Waals surface area contributed by atoms with Crippen molar-refractivity contribution < 1.29 is 71.9 Å². The molecule has 19 nitrogen and oxygen atoms in total. The van der Waals surface area contributed by atoms with E-state index in [1.807, 2.05) is 95.6 Å². The number of aliphatic hydroxyl groups excluding tert-OH is 1. The molecule has 4 amide bonds. The van der Waals surface area contributed by atoms with Crippen LogP contribution in [0.2, 0.25) is 0 Å². The molecule has 0 spiro atoms. The predicted molar refractivity (Wildman–Crippen MR) is 281 cm³/mol. The van der Waals surface area contributed by atoms with Gasteiger partial charge in [0.05, 0.1) is 102 Å². The number of nitrogens with zero attached hydrogens (tertiary/aromatic N) is 4. The fourth-order valence-electron chi connectivity index (χ4n) is 10.3. The first-order chi connectivity index (χ1) is 35.7. The maximum absolute atomic E-state index is 14.7. The van der Waals surface area contributed by atoms with Crippen molar-refractivity contribution in [3.05, 3.63) is 35.9 Å². The van der Waals surface area contributed by atoms with E-state index in [2.05, 4.69) is 6.92 Å². The van der Waals surface area contributed by atoms with Gasteiger partial charge in [0.15, 0.2) is 5.78 Å². The smallest absolute Gasteiger partial charge is 0.335 e. The minimum Gasteiger partial charge on any atom is -0.388 e. The number of likely N-dealkylation sites (tertiary alicyclic amines) is 1. The number of Topliss-reactive ketones (excluding diaryl/α,β-unsaturated/α-hetero) is 2. The van der Waals surface area contributed by atoms with Gasteiger partial charge in [0.25, 0.3) is 11.8 Å². The topological polar surface area (TPSA) is 217 Å². The van der Waals surface area contributed by atoms with E-state index in [4.69, 9.17) is 33.3 Å². The Labute approximate surface area is 446 Å². The molecule has 1 aromatic carbocycles. The predicted octanol–water partition coefficient (Wildman–Crippen LogP) is 5.49. The van der Waals surface area contributed by atoms with Gasteiger partial charge in [0, 0.05) is 71.9 Å². The van der Waals surface area contributed by atoms with Gasteiger partial charge >= 0.3 is 5.97 Å². The standard InChI is InChI=1S/C56H92N4O15/c1-13-39(6)53(47(69-11)36-50(65)59-24-17-20-44(59)55(70-12)41(8)45(61)34-40(7)54(67)42-18-15-14-16-19-42)58(10)56(68)43(37(2)3)35-46(62)52(38(4)5)57(9)25-27-72-29-31-74-33-32-73-30-28-71-26-23-51(66)75-60-48(63)21-22-49(60)64/h14-16,18-19,37-41,43-44,47,52-55,67H,13,17,20-36H2,1-12H3/t39?,40-,41-,43-,44?,47+,52-,53-,54+,55+/m0/s1. The van der Waals surface area contributed by atoms with E-state index in [1.165, 1.54) is 0 Å². The molecule has 2 aliphatic heterocycles. The van der Waals surface area contributed by atoms with E-state index in [0.29, 0.717) is 57.6 Å². The van der Waals surface area contributed by atoms with Gasteiger partial charge in [-0.15, -0.1) is 5.06 Å². The Hall–Kier alpha value is -4.21. The molecule has 2 unspecified atom stereocenters. The summed E-state index contributed by atoms with van der Waals surface area (Å²) in [5.41, 5.74) is 0.758. The fraction of sp³-hybridized carbons (Fsp3) is 0.768. The van der Waals surface area contributed by atoms with Crippen molar-refractivity contribution >= 4 is 41.2 Å². The number of methoxy groups -OCH3 is 2. The van der Waals surface area contributed by atoms with E-state index in [1.54, 1.807) is 26.2 Å². The Kier molecular flexibility index (Phi) is 29.4. The second kappa shape index (κ2) is 33.8. The first-order valence-corrected chi connectivity index (χ1v) is 27.2. The van der Waals surface area contributed by atoms with E-state index < -0.39 is 60.0 Å². The van der Waals surface area contributed by atoms with Crippen molar-refractivity contribution in [3.63, 3.8) is 0 Å². The summed E-state index contributed by atoms with van der Waals surface area (Å²) in [5, 5.41) is 11.5. The van der Waals surface area contributed by atoms with Crippen LogP contribution in [0.1, 0.15) is 125 Å². The van der Waals surface area contributed by atoms with Crippen molar-refractivity contribution in [2.45, 2.75) is 150 Å². The minimum absolute atomic E-state index is 0.0187. The molecule has 3 rings (SSSR count). The zero-order chi connectivity index (χ0) is 55.8. The third-order valence-corrected chi connectivity index (χ3v) is 14.9. The van der Waals surface area contributed by atoms with Crippen molar-refractivity contribution in [2.24, 2.45) is 35.5 Å². The van der Waals surface area contributed by atoms with Crippen molar-refractivity contribution in [2.75, 3.05) is 94.3 Å². The van der Waals surface area contributed by atoms with Gasteiger partial charge < -0.3 is 48.2 Å². The van der Waals surface area contributed by atoms with Gasteiger partial charge in [-0.3, -0.25) is 33.7 Å². The highest BCUT2D eigenvalue weighted by Gasteiger charge is 2.43. The Morgan fingerprint density at radius 2 is 1.29 bits per heavy atom. The second-order valence-corrected chi connectivity index (χ2v) is 21.0. The molecule has 0 aliphatic carbocycles. The summed E-state index contributed by atoms with van der Waals surface area (Å²) < 4.78 is 34.4. The average Bonchev–Trinajstić information content (AvgIpc) is 4.00. The highest BCUT2D eigenvalue weighted by atomic mass is 16.7. The Balaban J connectivity index is 1.49. The molecule has 0 radical (unpaired) electrons. The third-order valence-electron chi connectivity index (χ3n) is 14.9. The molecule has 426 valence electrons. The number of rotatable bonds is 38. The van der Waals surface area contributed by atoms with Gasteiger partial charge in [-0.1, -0.05) is 92.1 Å². The third kappa shape index (κ3) is 20.3. The van der Waals surface area contributed by atoms with Crippen LogP contribution in [0.25, 0.3) is 0 Å². The molecular weight excluding hydrogens is 969 g/mol. The SMILES string of the molecule is CCC(C)[C@@H]([C@@H](CC(=O)N1CCCC1[C@H](OC)[C@@H](C)C(=O)C[C@H](C)[C@@H](O)c1ccccc1)OC)N(C)C(=O)[C@@H](CC(=O)[C@H](C(C)C)N(C)CCOCCOCCOCCOCCC(=O)ON1C(=O)CCC1=O)C(C)C. The quantitative estimate of drug-likeness (QED) is 0.0640. The van der Waals surface area contributed by atoms with E-state index in [9.17, 15) is 38.7 Å². The lowest BCUT2D eigenvalue weighted by atomic mass is 9.83. The van der Waals surface area contributed by atoms with Crippen molar-refractivity contribution in [1.29, 1.82) is 0 Å². The summed E-state index contributed by atoms with van der Waals surface area (Å²) in [4.78, 5) is 102. The molecule has 2 saturated heterocycles. The van der Waals surface area contributed by atoms with E-state index in [-0.39, 0.29) is 111 Å². The molecule has 1 aromatic rings. The monoisotopic (exact) mass is 1060 g/mol. The van der Waals surface area contributed by atoms with Crippen LogP contribution in [0, 0.1) is 35.5 Å². The highest BCUT2D eigenvalue weighted by Crippen LogP contribution is 2.33. The summed E-state index contributed by atoms with van der Waals surface area (Å²) >= 11 is 0. The van der Waals surface area contributed by atoms with Crippen LogP contribution < -0.4 is 0 Å². The lowest BCUT2D eigenvalue weighted by Crippen LogP contribution is -2.54. The van der Waals surface area contributed by atoms with Gasteiger partial charge in [-0.25, -0.2) is 4.79 Å². The summed E-state index contributed by atoms with van der Waals surface area (Å²) in [6, 6.07) is 8.06. The van der Waals surface area contributed by atoms with Gasteiger partial charge in [-0.2, -0.15) is 0 Å². The Bertz CT molecular complexity index is 1910. The number of carbonyl (C=O) groups excluding carboxylic acids is 7.